The Morgan fingerprint density at radius 1 is 1.20 bits per heavy atom. The van der Waals surface area contributed by atoms with Gasteiger partial charge in [-0.05, 0) is 55.7 Å². The number of benzene rings is 1. The van der Waals surface area contributed by atoms with Gasteiger partial charge in [0, 0.05) is 12.1 Å². The van der Waals surface area contributed by atoms with Crippen LogP contribution in [0, 0.1) is 11.8 Å². The van der Waals surface area contributed by atoms with Crippen LogP contribution in [0.1, 0.15) is 58.6 Å². The van der Waals surface area contributed by atoms with Gasteiger partial charge in [0.05, 0.1) is 6.61 Å². The number of rotatable bonds is 6. The smallest absolute Gasteiger partial charge is 0.119 e. The predicted molar refractivity (Wildman–Crippen MR) is 85.1 cm³/mol. The first-order valence-electron chi connectivity index (χ1n) is 8.10. The van der Waals surface area contributed by atoms with Gasteiger partial charge in [0.15, 0.2) is 0 Å². The van der Waals surface area contributed by atoms with Crippen molar-refractivity contribution in [3.63, 3.8) is 0 Å². The summed E-state index contributed by atoms with van der Waals surface area (Å²) in [6, 6.07) is 9.62. The first-order valence-corrected chi connectivity index (χ1v) is 8.10. The van der Waals surface area contributed by atoms with Crippen molar-refractivity contribution in [3.05, 3.63) is 29.8 Å². The summed E-state index contributed by atoms with van der Waals surface area (Å²) in [5.74, 6) is 2.61. The van der Waals surface area contributed by atoms with Crippen LogP contribution in [0.15, 0.2) is 24.3 Å². The average Bonchev–Trinajstić information content (AvgIpc) is 2.77. The van der Waals surface area contributed by atoms with Gasteiger partial charge in [-0.2, -0.15) is 0 Å². The molecule has 0 saturated heterocycles. The third kappa shape index (κ3) is 3.76. The minimum atomic E-state index is 0.410. The summed E-state index contributed by atoms with van der Waals surface area (Å²) in [5, 5.41) is 3.80. The van der Waals surface area contributed by atoms with Gasteiger partial charge in [-0.15, -0.1) is 0 Å². The predicted octanol–water partition coefficient (Wildman–Crippen LogP) is 4.56. The summed E-state index contributed by atoms with van der Waals surface area (Å²) in [7, 11) is 0. The Labute approximate surface area is 123 Å². The molecule has 20 heavy (non-hydrogen) atoms. The Morgan fingerprint density at radius 3 is 2.45 bits per heavy atom. The summed E-state index contributed by atoms with van der Waals surface area (Å²) < 4.78 is 5.63. The summed E-state index contributed by atoms with van der Waals surface area (Å²) in [5.41, 5.74) is 1.35. The highest BCUT2D eigenvalue weighted by molar-refractivity contribution is 5.29. The molecule has 0 bridgehead atoms. The largest absolute Gasteiger partial charge is 0.494 e. The molecule has 4 unspecified atom stereocenters. The van der Waals surface area contributed by atoms with Crippen molar-refractivity contribution < 1.29 is 4.74 Å². The summed E-state index contributed by atoms with van der Waals surface area (Å²) >= 11 is 0. The maximum Gasteiger partial charge on any atom is 0.119 e. The van der Waals surface area contributed by atoms with E-state index in [-0.39, 0.29) is 0 Å². The van der Waals surface area contributed by atoms with E-state index >= 15 is 0 Å². The molecule has 1 aromatic rings. The molecular formula is C18H29NO. The van der Waals surface area contributed by atoms with Crippen LogP contribution in [-0.4, -0.2) is 12.6 Å². The second-order valence-electron chi connectivity index (χ2n) is 6.33. The zero-order chi connectivity index (χ0) is 14.5. The SMILES string of the molecule is CCCOc1ccc(C(C)NC2CCC(C)C2C)cc1. The van der Waals surface area contributed by atoms with Crippen molar-refractivity contribution in [2.24, 2.45) is 11.8 Å². The monoisotopic (exact) mass is 275 g/mol. The zero-order valence-corrected chi connectivity index (χ0v) is 13.4. The molecule has 0 aliphatic heterocycles. The van der Waals surface area contributed by atoms with Crippen LogP contribution in [0.25, 0.3) is 0 Å². The molecule has 2 heteroatoms. The molecule has 1 aromatic carbocycles. The van der Waals surface area contributed by atoms with Crippen LogP contribution in [0.4, 0.5) is 0 Å². The van der Waals surface area contributed by atoms with Crippen molar-refractivity contribution in [1.82, 2.24) is 5.32 Å². The molecule has 1 fully saturated rings. The van der Waals surface area contributed by atoms with E-state index in [2.05, 4.69) is 57.3 Å². The van der Waals surface area contributed by atoms with Gasteiger partial charge >= 0.3 is 0 Å². The number of nitrogens with one attached hydrogen (secondary N) is 1. The van der Waals surface area contributed by atoms with Gasteiger partial charge in [0.1, 0.15) is 5.75 Å². The van der Waals surface area contributed by atoms with E-state index in [1.807, 2.05) is 0 Å². The van der Waals surface area contributed by atoms with E-state index in [0.717, 1.165) is 30.6 Å². The summed E-state index contributed by atoms with van der Waals surface area (Å²) in [4.78, 5) is 0. The average molecular weight is 275 g/mol. The highest BCUT2D eigenvalue weighted by Crippen LogP contribution is 2.32. The molecular weight excluding hydrogens is 246 g/mol. The van der Waals surface area contributed by atoms with Gasteiger partial charge in [-0.3, -0.25) is 0 Å². The Morgan fingerprint density at radius 2 is 1.90 bits per heavy atom. The second-order valence-corrected chi connectivity index (χ2v) is 6.33. The molecule has 1 aliphatic rings. The van der Waals surface area contributed by atoms with Crippen LogP contribution in [0.5, 0.6) is 5.75 Å². The zero-order valence-electron chi connectivity index (χ0n) is 13.4. The maximum absolute atomic E-state index is 5.63. The normalized spacial score (nSPS) is 27.5. The van der Waals surface area contributed by atoms with E-state index < -0.39 is 0 Å². The third-order valence-electron chi connectivity index (χ3n) is 4.78. The van der Waals surface area contributed by atoms with E-state index in [1.165, 1.54) is 18.4 Å². The number of ether oxygens (including phenoxy) is 1. The molecule has 1 N–H and O–H groups in total. The van der Waals surface area contributed by atoms with Crippen molar-refractivity contribution in [3.8, 4) is 5.75 Å². The Balaban J connectivity index is 1.90. The lowest BCUT2D eigenvalue weighted by Gasteiger charge is -2.24. The lowest BCUT2D eigenvalue weighted by molar-refractivity contribution is 0.317. The fourth-order valence-corrected chi connectivity index (χ4v) is 3.09. The molecule has 0 aromatic heterocycles. The van der Waals surface area contributed by atoms with Crippen LogP contribution < -0.4 is 10.1 Å². The Kier molecular flexibility index (Phi) is 5.47. The van der Waals surface area contributed by atoms with E-state index in [9.17, 15) is 0 Å². The molecule has 112 valence electrons. The van der Waals surface area contributed by atoms with Crippen molar-refractivity contribution in [2.45, 2.75) is 59.0 Å². The van der Waals surface area contributed by atoms with Crippen LogP contribution in [-0.2, 0) is 0 Å². The molecule has 4 atom stereocenters. The van der Waals surface area contributed by atoms with E-state index in [1.54, 1.807) is 0 Å². The molecule has 2 nitrogen and oxygen atoms in total. The van der Waals surface area contributed by atoms with Crippen molar-refractivity contribution in [2.75, 3.05) is 6.61 Å². The lowest BCUT2D eigenvalue weighted by Crippen LogP contribution is -2.34. The maximum atomic E-state index is 5.63. The minimum absolute atomic E-state index is 0.410. The van der Waals surface area contributed by atoms with Crippen LogP contribution >= 0.6 is 0 Å². The van der Waals surface area contributed by atoms with Gasteiger partial charge in [0.2, 0.25) is 0 Å². The summed E-state index contributed by atoms with van der Waals surface area (Å²) in [6.07, 6.45) is 3.72. The molecule has 1 aliphatic carbocycles. The van der Waals surface area contributed by atoms with Crippen LogP contribution in [0.3, 0.4) is 0 Å². The van der Waals surface area contributed by atoms with Crippen molar-refractivity contribution in [1.29, 1.82) is 0 Å². The quantitative estimate of drug-likeness (QED) is 0.821. The third-order valence-corrected chi connectivity index (χ3v) is 4.78. The Hall–Kier alpha value is -1.02. The standard InChI is InChI=1S/C18H29NO/c1-5-12-20-17-9-7-16(8-10-17)15(4)19-18-11-6-13(2)14(18)3/h7-10,13-15,18-19H,5-6,11-12H2,1-4H3. The molecule has 0 amide bonds. The fourth-order valence-electron chi connectivity index (χ4n) is 3.09. The minimum Gasteiger partial charge on any atom is -0.494 e. The molecule has 1 saturated carbocycles. The molecule has 2 rings (SSSR count). The molecule has 0 radical (unpaired) electrons. The van der Waals surface area contributed by atoms with Gasteiger partial charge < -0.3 is 10.1 Å². The Bertz CT molecular complexity index is 400. The van der Waals surface area contributed by atoms with Gasteiger partial charge in [0.25, 0.3) is 0 Å². The van der Waals surface area contributed by atoms with E-state index in [0.29, 0.717) is 12.1 Å². The number of hydrogen-bond acceptors (Lipinski definition) is 2. The van der Waals surface area contributed by atoms with Gasteiger partial charge in [-0.1, -0.05) is 32.9 Å². The lowest BCUT2D eigenvalue weighted by atomic mass is 9.96. The summed E-state index contributed by atoms with van der Waals surface area (Å²) in [6.45, 7) is 9.94. The molecule has 0 spiro atoms. The van der Waals surface area contributed by atoms with E-state index in [4.69, 9.17) is 4.74 Å². The van der Waals surface area contributed by atoms with Crippen molar-refractivity contribution >= 4 is 0 Å². The fraction of sp³-hybridized carbons (Fsp3) is 0.667. The molecule has 0 heterocycles. The number of hydrogen-bond donors (Lipinski definition) is 1. The second kappa shape index (κ2) is 7.12. The highest BCUT2D eigenvalue weighted by Gasteiger charge is 2.30. The van der Waals surface area contributed by atoms with Gasteiger partial charge in [-0.25, -0.2) is 0 Å². The van der Waals surface area contributed by atoms with Crippen LogP contribution in [0.2, 0.25) is 0 Å². The first kappa shape index (κ1) is 15.4. The topological polar surface area (TPSA) is 21.3 Å². The highest BCUT2D eigenvalue weighted by atomic mass is 16.5. The first-order chi connectivity index (χ1) is 9.61.